The van der Waals surface area contributed by atoms with Crippen LogP contribution >= 0.6 is 0 Å². The van der Waals surface area contributed by atoms with Crippen molar-refractivity contribution in [2.75, 3.05) is 7.05 Å². The molecule has 7 nitrogen and oxygen atoms in total. The van der Waals surface area contributed by atoms with E-state index in [4.69, 9.17) is 9.47 Å². The SMILES string of the molecule is CN1C(=O)c2ccc(C(=O)OCc3ccccc3Oc3cccnc3)cc2C1=O. The number of imide groups is 1. The van der Waals surface area contributed by atoms with Crippen LogP contribution in [0, 0.1) is 0 Å². The molecule has 0 aliphatic carbocycles. The smallest absolute Gasteiger partial charge is 0.338 e. The van der Waals surface area contributed by atoms with Crippen molar-refractivity contribution in [2.24, 2.45) is 0 Å². The molecule has 0 saturated heterocycles. The lowest BCUT2D eigenvalue weighted by Gasteiger charge is -2.11. The van der Waals surface area contributed by atoms with Crippen LogP contribution in [0.3, 0.4) is 0 Å². The number of pyridine rings is 1. The van der Waals surface area contributed by atoms with Crippen molar-refractivity contribution in [3.63, 3.8) is 0 Å². The van der Waals surface area contributed by atoms with Crippen LogP contribution in [-0.4, -0.2) is 34.7 Å². The fourth-order valence-electron chi connectivity index (χ4n) is 2.97. The van der Waals surface area contributed by atoms with E-state index in [0.29, 0.717) is 17.1 Å². The molecule has 0 saturated carbocycles. The summed E-state index contributed by atoms with van der Waals surface area (Å²) in [7, 11) is 1.40. The minimum atomic E-state index is -0.598. The molecule has 29 heavy (non-hydrogen) atoms. The van der Waals surface area contributed by atoms with Crippen LogP contribution < -0.4 is 4.74 Å². The van der Waals surface area contributed by atoms with Gasteiger partial charge in [-0.3, -0.25) is 19.5 Å². The van der Waals surface area contributed by atoms with Crippen LogP contribution in [0.5, 0.6) is 11.5 Å². The van der Waals surface area contributed by atoms with Crippen molar-refractivity contribution in [3.8, 4) is 11.5 Å². The monoisotopic (exact) mass is 388 g/mol. The Balaban J connectivity index is 1.49. The van der Waals surface area contributed by atoms with Crippen LogP contribution in [0.25, 0.3) is 0 Å². The molecular formula is C22H16N2O5. The van der Waals surface area contributed by atoms with E-state index in [1.807, 2.05) is 12.1 Å². The predicted molar refractivity (Wildman–Crippen MR) is 103 cm³/mol. The molecule has 0 bridgehead atoms. The molecule has 1 aliphatic rings. The summed E-state index contributed by atoms with van der Waals surface area (Å²) in [6.07, 6.45) is 3.23. The van der Waals surface area contributed by atoms with Gasteiger partial charge in [0, 0.05) is 18.8 Å². The Morgan fingerprint density at radius 1 is 1.00 bits per heavy atom. The molecule has 1 aromatic heterocycles. The molecule has 4 rings (SSSR count). The second kappa shape index (κ2) is 7.55. The fraction of sp³-hybridized carbons (Fsp3) is 0.0909. The molecule has 1 aliphatic heterocycles. The van der Waals surface area contributed by atoms with Gasteiger partial charge in [0.05, 0.1) is 22.9 Å². The molecule has 0 N–H and O–H groups in total. The molecule has 2 heterocycles. The number of fused-ring (bicyclic) bond motifs is 1. The topological polar surface area (TPSA) is 85.8 Å². The first-order valence-electron chi connectivity index (χ1n) is 8.84. The molecule has 0 radical (unpaired) electrons. The number of hydrogen-bond acceptors (Lipinski definition) is 6. The van der Waals surface area contributed by atoms with Crippen LogP contribution in [0.1, 0.15) is 36.6 Å². The zero-order valence-corrected chi connectivity index (χ0v) is 15.5. The van der Waals surface area contributed by atoms with E-state index in [1.165, 1.54) is 25.2 Å². The molecular weight excluding hydrogens is 372 g/mol. The van der Waals surface area contributed by atoms with Crippen molar-refractivity contribution in [3.05, 3.63) is 89.2 Å². The summed E-state index contributed by atoms with van der Waals surface area (Å²) >= 11 is 0. The number of ether oxygens (including phenoxy) is 2. The summed E-state index contributed by atoms with van der Waals surface area (Å²) in [5.74, 6) is -0.304. The van der Waals surface area contributed by atoms with Gasteiger partial charge in [0.1, 0.15) is 18.1 Å². The molecule has 7 heteroatoms. The Kier molecular flexibility index (Phi) is 4.78. The van der Waals surface area contributed by atoms with Crippen LogP contribution in [0.15, 0.2) is 67.0 Å². The van der Waals surface area contributed by atoms with Gasteiger partial charge < -0.3 is 9.47 Å². The number of carbonyl (C=O) groups excluding carboxylic acids is 3. The lowest BCUT2D eigenvalue weighted by molar-refractivity contribution is 0.0470. The Hall–Kier alpha value is -4.00. The molecule has 0 fully saturated rings. The standard InChI is InChI=1S/C22H16N2O5/c1-24-20(25)17-9-8-14(11-18(17)21(24)26)22(27)28-13-15-5-2-3-7-19(15)29-16-6-4-10-23-12-16/h2-12H,13H2,1H3. The molecule has 0 atom stereocenters. The van der Waals surface area contributed by atoms with Gasteiger partial charge in [-0.15, -0.1) is 0 Å². The highest BCUT2D eigenvalue weighted by atomic mass is 16.5. The Morgan fingerprint density at radius 3 is 2.59 bits per heavy atom. The third-order valence-corrected chi connectivity index (χ3v) is 4.52. The number of nitrogens with zero attached hydrogens (tertiary/aromatic N) is 2. The van der Waals surface area contributed by atoms with Gasteiger partial charge in [0.2, 0.25) is 0 Å². The molecule has 3 aromatic rings. The summed E-state index contributed by atoms with van der Waals surface area (Å²) in [5, 5.41) is 0. The number of rotatable bonds is 5. The van der Waals surface area contributed by atoms with E-state index in [0.717, 1.165) is 4.90 Å². The normalized spacial score (nSPS) is 12.7. The van der Waals surface area contributed by atoms with Gasteiger partial charge in [-0.2, -0.15) is 0 Å². The molecule has 144 valence electrons. The van der Waals surface area contributed by atoms with Crippen LogP contribution in [0.4, 0.5) is 0 Å². The quantitative estimate of drug-likeness (QED) is 0.492. The van der Waals surface area contributed by atoms with Gasteiger partial charge in [-0.25, -0.2) is 4.79 Å². The second-order valence-electron chi connectivity index (χ2n) is 6.40. The van der Waals surface area contributed by atoms with E-state index >= 15 is 0 Å². The summed E-state index contributed by atoms with van der Waals surface area (Å²) in [5.41, 5.74) is 1.36. The Morgan fingerprint density at radius 2 is 1.79 bits per heavy atom. The Labute approximate surface area is 166 Å². The highest BCUT2D eigenvalue weighted by Crippen LogP contribution is 2.26. The van der Waals surface area contributed by atoms with Crippen molar-refractivity contribution in [1.29, 1.82) is 0 Å². The van der Waals surface area contributed by atoms with Crippen molar-refractivity contribution in [1.82, 2.24) is 9.88 Å². The molecule has 2 amide bonds. The van der Waals surface area contributed by atoms with E-state index in [2.05, 4.69) is 4.98 Å². The maximum absolute atomic E-state index is 12.5. The Bertz CT molecular complexity index is 1110. The van der Waals surface area contributed by atoms with Crippen molar-refractivity contribution >= 4 is 17.8 Å². The van der Waals surface area contributed by atoms with E-state index in [1.54, 1.807) is 36.7 Å². The predicted octanol–water partition coefficient (Wildman–Crippen LogP) is 3.46. The second-order valence-corrected chi connectivity index (χ2v) is 6.40. The third-order valence-electron chi connectivity index (χ3n) is 4.52. The molecule has 0 spiro atoms. The number of benzene rings is 2. The van der Waals surface area contributed by atoms with Crippen molar-refractivity contribution < 1.29 is 23.9 Å². The van der Waals surface area contributed by atoms with E-state index in [-0.39, 0.29) is 29.2 Å². The summed E-state index contributed by atoms with van der Waals surface area (Å²) in [6.45, 7) is -0.0147. The number of amides is 2. The zero-order chi connectivity index (χ0) is 20.4. The van der Waals surface area contributed by atoms with Gasteiger partial charge >= 0.3 is 5.97 Å². The summed E-state index contributed by atoms with van der Waals surface area (Å²) in [4.78, 5) is 41.6. The number of aromatic nitrogens is 1. The average molecular weight is 388 g/mol. The maximum Gasteiger partial charge on any atom is 0.338 e. The highest BCUT2D eigenvalue weighted by molar-refractivity contribution is 6.21. The van der Waals surface area contributed by atoms with E-state index < -0.39 is 11.9 Å². The van der Waals surface area contributed by atoms with Crippen molar-refractivity contribution in [2.45, 2.75) is 6.61 Å². The largest absolute Gasteiger partial charge is 0.457 e. The highest BCUT2D eigenvalue weighted by Gasteiger charge is 2.33. The first-order chi connectivity index (χ1) is 14.0. The minimum Gasteiger partial charge on any atom is -0.457 e. The first-order valence-corrected chi connectivity index (χ1v) is 8.84. The summed E-state index contributed by atoms with van der Waals surface area (Å²) < 4.78 is 11.2. The lowest BCUT2D eigenvalue weighted by atomic mass is 10.1. The van der Waals surface area contributed by atoms with E-state index in [9.17, 15) is 14.4 Å². The van der Waals surface area contributed by atoms with Crippen LogP contribution in [0.2, 0.25) is 0 Å². The minimum absolute atomic E-state index is 0.0147. The number of hydrogen-bond donors (Lipinski definition) is 0. The van der Waals surface area contributed by atoms with Gasteiger partial charge in [-0.1, -0.05) is 18.2 Å². The van der Waals surface area contributed by atoms with Gasteiger partial charge in [0.15, 0.2) is 0 Å². The third kappa shape index (κ3) is 3.58. The zero-order valence-electron chi connectivity index (χ0n) is 15.5. The average Bonchev–Trinajstić information content (AvgIpc) is 2.97. The fourth-order valence-corrected chi connectivity index (χ4v) is 2.97. The van der Waals surface area contributed by atoms with Gasteiger partial charge in [-0.05, 0) is 36.4 Å². The maximum atomic E-state index is 12.5. The van der Waals surface area contributed by atoms with Gasteiger partial charge in [0.25, 0.3) is 11.8 Å². The van der Waals surface area contributed by atoms with Crippen LogP contribution in [-0.2, 0) is 11.3 Å². The first kappa shape index (κ1) is 18.4. The molecule has 0 unspecified atom stereocenters. The number of carbonyl (C=O) groups is 3. The number of para-hydroxylation sites is 1. The summed E-state index contributed by atoms with van der Waals surface area (Å²) in [6, 6.07) is 15.1. The molecule has 2 aromatic carbocycles. The number of esters is 1. The lowest BCUT2D eigenvalue weighted by Crippen LogP contribution is -2.24.